The summed E-state index contributed by atoms with van der Waals surface area (Å²) in [6.07, 6.45) is 53.9. The van der Waals surface area contributed by atoms with Crippen LogP contribution in [0, 0.1) is 17.8 Å². The van der Waals surface area contributed by atoms with Gasteiger partial charge in [0.25, 0.3) is 0 Å². The number of allylic oxidation sites excluding steroid dienone is 4. The van der Waals surface area contributed by atoms with Crippen molar-refractivity contribution >= 4 is 5.91 Å². The molecule has 4 unspecified atom stereocenters. The molecule has 0 N–H and O–H groups in total. The van der Waals surface area contributed by atoms with E-state index in [9.17, 15) is 4.79 Å². The van der Waals surface area contributed by atoms with Gasteiger partial charge in [-0.25, -0.2) is 0 Å². The summed E-state index contributed by atoms with van der Waals surface area (Å²) in [7, 11) is 4.34. The predicted octanol–water partition coefficient (Wildman–Crippen LogP) is 17.1. The van der Waals surface area contributed by atoms with Crippen molar-refractivity contribution < 1.29 is 4.79 Å². The Morgan fingerprint density at radius 3 is 1.46 bits per heavy atom. The molecule has 0 radical (unpaired) electrons. The Labute approximate surface area is 354 Å². The monoisotopic (exact) mass is 785 g/mol. The molecule has 1 amide bonds. The summed E-state index contributed by atoms with van der Waals surface area (Å²) in [4.78, 5) is 19.0. The molecule has 4 atom stereocenters. The summed E-state index contributed by atoms with van der Waals surface area (Å²) in [6.45, 7) is 16.0. The molecular formula is C53H104N2O. The van der Waals surface area contributed by atoms with Crippen LogP contribution in [0.1, 0.15) is 260 Å². The van der Waals surface area contributed by atoms with Crippen LogP contribution in [-0.2, 0) is 4.79 Å². The van der Waals surface area contributed by atoms with Gasteiger partial charge in [0, 0.05) is 18.5 Å². The average molecular weight is 785 g/mol. The Morgan fingerprint density at radius 2 is 0.893 bits per heavy atom. The maximum atomic E-state index is 14.3. The molecule has 3 heteroatoms. The molecule has 0 heterocycles. The molecule has 0 aromatic rings. The van der Waals surface area contributed by atoms with Crippen molar-refractivity contribution in [2.24, 2.45) is 17.8 Å². The van der Waals surface area contributed by atoms with Crippen molar-refractivity contribution in [3.05, 3.63) is 24.3 Å². The molecule has 0 aliphatic heterocycles. The van der Waals surface area contributed by atoms with Gasteiger partial charge in [-0.2, -0.15) is 0 Å². The van der Waals surface area contributed by atoms with Gasteiger partial charge in [0.1, 0.15) is 0 Å². The summed E-state index contributed by atoms with van der Waals surface area (Å²) in [6, 6.07) is 0.423. The van der Waals surface area contributed by atoms with Crippen LogP contribution in [-0.4, -0.2) is 48.9 Å². The zero-order valence-electron chi connectivity index (χ0n) is 39.9. The first-order chi connectivity index (χ1) is 27.3. The second-order valence-electron chi connectivity index (χ2n) is 18.7. The molecule has 0 aromatic carbocycles. The number of hydrogen-bond acceptors (Lipinski definition) is 2. The van der Waals surface area contributed by atoms with Gasteiger partial charge >= 0.3 is 0 Å². The second kappa shape index (κ2) is 42.0. The van der Waals surface area contributed by atoms with Gasteiger partial charge in [0.05, 0.1) is 0 Å². The smallest absolute Gasteiger partial charge is 0.225 e. The minimum absolute atomic E-state index is 0.205. The van der Waals surface area contributed by atoms with Gasteiger partial charge in [0.2, 0.25) is 5.91 Å². The van der Waals surface area contributed by atoms with Gasteiger partial charge in [-0.3, -0.25) is 4.79 Å². The van der Waals surface area contributed by atoms with E-state index in [1.807, 2.05) is 0 Å². The van der Waals surface area contributed by atoms with Crippen LogP contribution in [0.25, 0.3) is 0 Å². The molecule has 56 heavy (non-hydrogen) atoms. The molecule has 0 aromatic heterocycles. The van der Waals surface area contributed by atoms with Crippen LogP contribution >= 0.6 is 0 Å². The fourth-order valence-electron chi connectivity index (χ4n) is 8.55. The molecule has 3 nitrogen and oxygen atoms in total. The van der Waals surface area contributed by atoms with E-state index >= 15 is 0 Å². The Bertz CT molecular complexity index is 864. The highest BCUT2D eigenvalue weighted by molar-refractivity contribution is 5.79. The number of carbonyl (C=O) groups is 1. The highest BCUT2D eigenvalue weighted by Gasteiger charge is 2.28. The minimum atomic E-state index is 0.205. The first kappa shape index (κ1) is 54.9. The average Bonchev–Trinajstić information content (AvgIpc) is 3.18. The summed E-state index contributed by atoms with van der Waals surface area (Å²) >= 11 is 0. The fraction of sp³-hybridized carbons (Fsp3) is 0.906. The number of amides is 1. The van der Waals surface area contributed by atoms with Crippen LogP contribution in [0.2, 0.25) is 0 Å². The lowest BCUT2D eigenvalue weighted by atomic mass is 9.93. The van der Waals surface area contributed by atoms with E-state index in [-0.39, 0.29) is 5.92 Å². The topological polar surface area (TPSA) is 23.6 Å². The Hall–Kier alpha value is -1.09. The van der Waals surface area contributed by atoms with Crippen LogP contribution in [0.4, 0.5) is 0 Å². The highest BCUT2D eigenvalue weighted by Crippen LogP contribution is 2.25. The molecule has 332 valence electrons. The summed E-state index contributed by atoms with van der Waals surface area (Å²) in [5.74, 6) is 2.39. The quantitative estimate of drug-likeness (QED) is 0.0454. The number of unbranched alkanes of at least 4 members (excludes halogenated alkanes) is 19. The Balaban J connectivity index is 4.86. The third-order valence-electron chi connectivity index (χ3n) is 12.6. The van der Waals surface area contributed by atoms with E-state index in [4.69, 9.17) is 0 Å². The maximum Gasteiger partial charge on any atom is 0.225 e. The highest BCUT2D eigenvalue weighted by atomic mass is 16.2. The lowest BCUT2D eigenvalue weighted by Crippen LogP contribution is -2.45. The molecular weight excluding hydrogens is 681 g/mol. The van der Waals surface area contributed by atoms with E-state index in [0.717, 1.165) is 44.2 Å². The van der Waals surface area contributed by atoms with Crippen LogP contribution in [0.5, 0.6) is 0 Å². The molecule has 0 rings (SSSR count). The van der Waals surface area contributed by atoms with Crippen LogP contribution in [0.3, 0.4) is 0 Å². The molecule has 0 bridgehead atoms. The van der Waals surface area contributed by atoms with Crippen molar-refractivity contribution in [2.45, 2.75) is 266 Å². The SMILES string of the molecule is CCCCC/C=C\CC(C)CCCCCCCCCC(CCCCCCCC/C=C\CCC(C)CCCCC)N(CCCN(C)C)C(=O)C(CC)CCCCC. The number of rotatable bonds is 43. The molecule has 0 saturated carbocycles. The Kier molecular flexibility index (Phi) is 41.2. The van der Waals surface area contributed by atoms with Crippen LogP contribution in [0.15, 0.2) is 24.3 Å². The van der Waals surface area contributed by atoms with Gasteiger partial charge in [0.15, 0.2) is 0 Å². The fourth-order valence-corrected chi connectivity index (χ4v) is 8.55. The lowest BCUT2D eigenvalue weighted by Gasteiger charge is -2.35. The van der Waals surface area contributed by atoms with Crippen molar-refractivity contribution in [2.75, 3.05) is 27.2 Å². The molecule has 0 fully saturated rings. The maximum absolute atomic E-state index is 14.3. The Morgan fingerprint density at radius 1 is 0.446 bits per heavy atom. The van der Waals surface area contributed by atoms with E-state index in [1.165, 1.54) is 199 Å². The van der Waals surface area contributed by atoms with E-state index in [2.05, 4.69) is 89.7 Å². The first-order valence-corrected chi connectivity index (χ1v) is 25.6. The van der Waals surface area contributed by atoms with Crippen molar-refractivity contribution in [3.63, 3.8) is 0 Å². The third kappa shape index (κ3) is 34.9. The lowest BCUT2D eigenvalue weighted by molar-refractivity contribution is -0.139. The van der Waals surface area contributed by atoms with Crippen molar-refractivity contribution in [1.29, 1.82) is 0 Å². The van der Waals surface area contributed by atoms with Gasteiger partial charge in [-0.1, -0.05) is 207 Å². The number of nitrogens with zero attached hydrogens (tertiary/aromatic N) is 2. The van der Waals surface area contributed by atoms with E-state index in [0.29, 0.717) is 11.9 Å². The zero-order chi connectivity index (χ0) is 41.3. The van der Waals surface area contributed by atoms with Gasteiger partial charge < -0.3 is 9.80 Å². The summed E-state index contributed by atoms with van der Waals surface area (Å²) < 4.78 is 0. The van der Waals surface area contributed by atoms with Crippen LogP contribution < -0.4 is 0 Å². The zero-order valence-corrected chi connectivity index (χ0v) is 39.9. The molecule has 0 aliphatic carbocycles. The van der Waals surface area contributed by atoms with E-state index in [1.54, 1.807) is 0 Å². The molecule has 0 spiro atoms. The summed E-state index contributed by atoms with van der Waals surface area (Å²) in [5, 5.41) is 0. The predicted molar refractivity (Wildman–Crippen MR) is 254 cm³/mol. The van der Waals surface area contributed by atoms with Crippen molar-refractivity contribution in [1.82, 2.24) is 9.80 Å². The standard InChI is InChI=1S/C53H104N2O/c1-9-13-16-17-27-34-42-50(6)43-36-29-24-22-26-31-38-46-52(55(48-39-47-54(7)8)53(56)51(12-4)44-33-15-11-3)45-37-30-25-21-19-18-20-23-28-35-41-49(5)40-32-14-10-2/h23,27-28,34,49-52H,9-22,24-26,29-33,35-48H2,1-8H3/b28-23-,34-27-. The van der Waals surface area contributed by atoms with Gasteiger partial charge in [-0.15, -0.1) is 0 Å². The number of hydrogen-bond donors (Lipinski definition) is 0. The normalized spacial score (nSPS) is 14.3. The third-order valence-corrected chi connectivity index (χ3v) is 12.6. The second-order valence-corrected chi connectivity index (χ2v) is 18.7. The van der Waals surface area contributed by atoms with E-state index < -0.39 is 0 Å². The first-order valence-electron chi connectivity index (χ1n) is 25.6. The van der Waals surface area contributed by atoms with Crippen molar-refractivity contribution in [3.8, 4) is 0 Å². The minimum Gasteiger partial charge on any atom is -0.339 e. The molecule has 0 saturated heterocycles. The molecule has 0 aliphatic rings. The number of carbonyl (C=O) groups excluding carboxylic acids is 1. The summed E-state index contributed by atoms with van der Waals surface area (Å²) in [5.41, 5.74) is 0. The largest absolute Gasteiger partial charge is 0.339 e. The van der Waals surface area contributed by atoms with Gasteiger partial charge in [-0.05, 0) is 110 Å².